The van der Waals surface area contributed by atoms with Gasteiger partial charge < -0.3 is 15.2 Å². The largest absolute Gasteiger partial charge is 0.493 e. The minimum atomic E-state index is 0.493. The van der Waals surface area contributed by atoms with Crippen LogP contribution >= 0.6 is 11.6 Å². The first kappa shape index (κ1) is 14.7. The number of benzene rings is 1. The Kier molecular flexibility index (Phi) is 6.42. The van der Waals surface area contributed by atoms with E-state index >= 15 is 0 Å². The average Bonchev–Trinajstić information content (AvgIpc) is 2.36. The fraction of sp³-hybridized carbons (Fsp3) is 0.429. The lowest BCUT2D eigenvalue weighted by molar-refractivity contribution is 0.301. The summed E-state index contributed by atoms with van der Waals surface area (Å²) >= 11 is 6.18. The summed E-state index contributed by atoms with van der Waals surface area (Å²) in [5.74, 6) is 6.95. The van der Waals surface area contributed by atoms with Crippen LogP contribution in [0.1, 0.15) is 18.9 Å². The Balaban J connectivity index is 2.84. The van der Waals surface area contributed by atoms with Crippen molar-refractivity contribution in [2.24, 2.45) is 5.73 Å². The molecule has 0 unspecified atom stereocenters. The van der Waals surface area contributed by atoms with Crippen LogP contribution in [0.5, 0.6) is 11.5 Å². The van der Waals surface area contributed by atoms with Gasteiger partial charge in [-0.2, -0.15) is 0 Å². The van der Waals surface area contributed by atoms with Crippen molar-refractivity contribution in [2.45, 2.75) is 19.8 Å². The summed E-state index contributed by atoms with van der Waals surface area (Å²) in [5.41, 5.74) is 6.57. The van der Waals surface area contributed by atoms with Gasteiger partial charge in [-0.05, 0) is 37.6 Å². The molecule has 0 aliphatic rings. The van der Waals surface area contributed by atoms with Gasteiger partial charge in [-0.1, -0.05) is 11.6 Å². The minimum Gasteiger partial charge on any atom is -0.493 e. The molecule has 1 aromatic carbocycles. The molecule has 0 saturated heterocycles. The van der Waals surface area contributed by atoms with E-state index in [4.69, 9.17) is 26.8 Å². The van der Waals surface area contributed by atoms with Gasteiger partial charge in [-0.3, -0.25) is 0 Å². The molecule has 0 bridgehead atoms. The first-order chi connectivity index (χ1) is 8.72. The molecule has 2 N–H and O–H groups in total. The fourth-order valence-corrected chi connectivity index (χ4v) is 1.84. The maximum Gasteiger partial charge on any atom is 0.179 e. The van der Waals surface area contributed by atoms with Gasteiger partial charge in [0.05, 0.1) is 18.7 Å². The molecule has 0 spiro atoms. The van der Waals surface area contributed by atoms with Gasteiger partial charge in [0.2, 0.25) is 0 Å². The molecular weight excluding hydrogens is 250 g/mol. The Morgan fingerprint density at radius 2 is 2.17 bits per heavy atom. The monoisotopic (exact) mass is 267 g/mol. The van der Waals surface area contributed by atoms with Gasteiger partial charge in [0.15, 0.2) is 11.5 Å². The zero-order chi connectivity index (χ0) is 13.4. The van der Waals surface area contributed by atoms with E-state index in [2.05, 4.69) is 11.8 Å². The van der Waals surface area contributed by atoms with E-state index in [1.165, 1.54) is 0 Å². The molecule has 0 heterocycles. The molecule has 0 atom stereocenters. The molecule has 0 radical (unpaired) electrons. The average molecular weight is 268 g/mol. The van der Waals surface area contributed by atoms with Gasteiger partial charge in [-0.15, -0.1) is 11.8 Å². The molecule has 0 aliphatic carbocycles. The van der Waals surface area contributed by atoms with E-state index in [-0.39, 0.29) is 0 Å². The molecule has 3 nitrogen and oxygen atoms in total. The molecule has 0 fully saturated rings. The fourth-order valence-electron chi connectivity index (χ4n) is 1.55. The minimum absolute atomic E-state index is 0.493. The van der Waals surface area contributed by atoms with Crippen LogP contribution in [0.15, 0.2) is 12.1 Å². The van der Waals surface area contributed by atoms with Crippen LogP contribution in [-0.2, 0) is 6.42 Å². The van der Waals surface area contributed by atoms with E-state index in [1.54, 1.807) is 14.0 Å². The highest BCUT2D eigenvalue weighted by Crippen LogP contribution is 2.36. The molecule has 0 saturated carbocycles. The molecular formula is C14H18ClNO2. The lowest BCUT2D eigenvalue weighted by Gasteiger charge is -2.13. The maximum absolute atomic E-state index is 6.18. The zero-order valence-electron chi connectivity index (χ0n) is 10.8. The highest BCUT2D eigenvalue weighted by atomic mass is 35.5. The number of nitrogens with two attached hydrogens (primary N) is 1. The van der Waals surface area contributed by atoms with E-state index in [0.29, 0.717) is 36.1 Å². The summed E-state index contributed by atoms with van der Waals surface area (Å²) in [7, 11) is 1.59. The lowest BCUT2D eigenvalue weighted by atomic mass is 10.1. The van der Waals surface area contributed by atoms with E-state index in [1.807, 2.05) is 12.1 Å². The lowest BCUT2D eigenvalue weighted by Crippen LogP contribution is -2.04. The van der Waals surface area contributed by atoms with Crippen molar-refractivity contribution in [3.05, 3.63) is 22.7 Å². The number of methoxy groups -OCH3 is 1. The van der Waals surface area contributed by atoms with E-state index < -0.39 is 0 Å². The zero-order valence-corrected chi connectivity index (χ0v) is 11.5. The second kappa shape index (κ2) is 7.86. The molecule has 1 rings (SSSR count). The Bertz CT molecular complexity index is 449. The highest BCUT2D eigenvalue weighted by Gasteiger charge is 2.11. The van der Waals surface area contributed by atoms with Crippen LogP contribution in [0.4, 0.5) is 0 Å². The van der Waals surface area contributed by atoms with Crippen LogP contribution in [0.25, 0.3) is 0 Å². The number of ether oxygens (including phenoxy) is 2. The quantitative estimate of drug-likeness (QED) is 0.637. The second-order valence-corrected chi connectivity index (χ2v) is 4.08. The number of hydrogen-bond acceptors (Lipinski definition) is 3. The van der Waals surface area contributed by atoms with Crippen molar-refractivity contribution in [2.75, 3.05) is 20.3 Å². The van der Waals surface area contributed by atoms with Crippen molar-refractivity contribution in [3.63, 3.8) is 0 Å². The van der Waals surface area contributed by atoms with Crippen LogP contribution in [-0.4, -0.2) is 20.3 Å². The Morgan fingerprint density at radius 1 is 1.39 bits per heavy atom. The van der Waals surface area contributed by atoms with Crippen LogP contribution in [0.3, 0.4) is 0 Å². The SMILES string of the molecule is CC#CCCOc1c(Cl)cc(CCN)cc1OC. The third-order valence-corrected chi connectivity index (χ3v) is 2.65. The van der Waals surface area contributed by atoms with Crippen molar-refractivity contribution in [3.8, 4) is 23.3 Å². The van der Waals surface area contributed by atoms with Crippen LogP contribution in [0, 0.1) is 11.8 Å². The number of halogens is 1. The number of hydrogen-bond donors (Lipinski definition) is 1. The summed E-state index contributed by atoms with van der Waals surface area (Å²) in [6, 6.07) is 3.76. The standard InChI is InChI=1S/C14H18ClNO2/c1-3-4-5-8-18-14-12(15)9-11(6-7-16)10-13(14)17-2/h9-10H,5-8,16H2,1-2H3. The van der Waals surface area contributed by atoms with Crippen molar-refractivity contribution >= 4 is 11.6 Å². The van der Waals surface area contributed by atoms with Gasteiger partial charge in [0.1, 0.15) is 0 Å². The summed E-state index contributed by atoms with van der Waals surface area (Å²) in [6.07, 6.45) is 1.43. The molecule has 4 heteroatoms. The van der Waals surface area contributed by atoms with Crippen LogP contribution in [0.2, 0.25) is 5.02 Å². The van der Waals surface area contributed by atoms with Crippen molar-refractivity contribution in [1.82, 2.24) is 0 Å². The normalized spacial score (nSPS) is 9.56. The number of rotatable bonds is 6. The van der Waals surface area contributed by atoms with Crippen LogP contribution < -0.4 is 15.2 Å². The topological polar surface area (TPSA) is 44.5 Å². The van der Waals surface area contributed by atoms with Crippen molar-refractivity contribution in [1.29, 1.82) is 0 Å². The first-order valence-corrected chi connectivity index (χ1v) is 6.19. The van der Waals surface area contributed by atoms with Crippen molar-refractivity contribution < 1.29 is 9.47 Å². The third-order valence-electron chi connectivity index (χ3n) is 2.37. The first-order valence-electron chi connectivity index (χ1n) is 5.81. The van der Waals surface area contributed by atoms with E-state index in [9.17, 15) is 0 Å². The predicted octanol–water partition coefficient (Wildman–Crippen LogP) is 2.64. The predicted molar refractivity (Wildman–Crippen MR) is 74.3 cm³/mol. The smallest absolute Gasteiger partial charge is 0.179 e. The maximum atomic E-state index is 6.18. The molecule has 18 heavy (non-hydrogen) atoms. The Hall–Kier alpha value is -1.37. The van der Waals surface area contributed by atoms with Gasteiger partial charge in [0.25, 0.3) is 0 Å². The Morgan fingerprint density at radius 3 is 2.78 bits per heavy atom. The van der Waals surface area contributed by atoms with E-state index in [0.717, 1.165) is 12.0 Å². The second-order valence-electron chi connectivity index (χ2n) is 3.67. The van der Waals surface area contributed by atoms with Gasteiger partial charge in [0, 0.05) is 6.42 Å². The summed E-state index contributed by atoms with van der Waals surface area (Å²) in [4.78, 5) is 0. The Labute approximate surface area is 113 Å². The van der Waals surface area contributed by atoms with Gasteiger partial charge >= 0.3 is 0 Å². The highest BCUT2D eigenvalue weighted by molar-refractivity contribution is 6.32. The molecule has 1 aromatic rings. The van der Waals surface area contributed by atoms with Gasteiger partial charge in [-0.25, -0.2) is 0 Å². The molecule has 0 aliphatic heterocycles. The molecule has 98 valence electrons. The summed E-state index contributed by atoms with van der Waals surface area (Å²) < 4.78 is 10.9. The summed E-state index contributed by atoms with van der Waals surface area (Å²) in [5, 5.41) is 0.544. The third kappa shape index (κ3) is 4.14. The molecule has 0 aromatic heterocycles. The summed E-state index contributed by atoms with van der Waals surface area (Å²) in [6.45, 7) is 2.87. The molecule has 0 amide bonds.